The standard InChI is InChI=1S/C23H21Cl2NO4S/c1-15-7-10-19(11-8-15)31(28,29)26(21-6-4-5-16(2)17(21)3)23(27)14-30-22-12-9-18(24)13-20(22)25/h4-13H,14H2,1-3H3. The third kappa shape index (κ3) is 5.03. The minimum atomic E-state index is -4.18. The van der Waals surface area contributed by atoms with Crippen LogP contribution in [-0.2, 0) is 14.8 Å². The SMILES string of the molecule is Cc1ccc(S(=O)(=O)N(C(=O)COc2ccc(Cl)cc2Cl)c2cccc(C)c2C)cc1. The number of carbonyl (C=O) groups excluding carboxylic acids is 1. The van der Waals surface area contributed by atoms with Gasteiger partial charge in [0.15, 0.2) is 6.61 Å². The second-order valence-corrected chi connectivity index (χ2v) is 9.69. The molecule has 0 aliphatic carbocycles. The van der Waals surface area contributed by atoms with Crippen molar-refractivity contribution in [2.75, 3.05) is 10.9 Å². The van der Waals surface area contributed by atoms with Crippen molar-refractivity contribution in [3.8, 4) is 5.75 Å². The predicted octanol–water partition coefficient (Wildman–Crippen LogP) is 5.72. The number of amides is 1. The molecule has 0 N–H and O–H groups in total. The van der Waals surface area contributed by atoms with Crippen LogP contribution in [0.5, 0.6) is 5.75 Å². The number of rotatable bonds is 6. The van der Waals surface area contributed by atoms with Gasteiger partial charge in [-0.3, -0.25) is 4.79 Å². The Labute approximate surface area is 192 Å². The molecule has 3 aromatic carbocycles. The lowest BCUT2D eigenvalue weighted by atomic mass is 10.1. The molecule has 31 heavy (non-hydrogen) atoms. The van der Waals surface area contributed by atoms with Gasteiger partial charge in [0.25, 0.3) is 15.9 Å². The highest BCUT2D eigenvalue weighted by atomic mass is 35.5. The van der Waals surface area contributed by atoms with E-state index in [0.717, 1.165) is 15.4 Å². The number of sulfonamides is 1. The Morgan fingerprint density at radius 3 is 2.29 bits per heavy atom. The van der Waals surface area contributed by atoms with Gasteiger partial charge in [0.2, 0.25) is 0 Å². The normalized spacial score (nSPS) is 11.3. The summed E-state index contributed by atoms with van der Waals surface area (Å²) in [5, 5.41) is 0.641. The van der Waals surface area contributed by atoms with Crippen LogP contribution in [0.3, 0.4) is 0 Å². The second-order valence-electron chi connectivity index (χ2n) is 7.06. The van der Waals surface area contributed by atoms with Crippen LogP contribution in [0.2, 0.25) is 10.0 Å². The number of anilines is 1. The van der Waals surface area contributed by atoms with E-state index in [4.69, 9.17) is 27.9 Å². The summed E-state index contributed by atoms with van der Waals surface area (Å²) >= 11 is 12.0. The van der Waals surface area contributed by atoms with Crippen molar-refractivity contribution in [2.45, 2.75) is 25.7 Å². The Kier molecular flexibility index (Phi) is 6.94. The molecule has 0 saturated carbocycles. The van der Waals surface area contributed by atoms with Crippen LogP contribution in [0, 0.1) is 20.8 Å². The van der Waals surface area contributed by atoms with Crippen molar-refractivity contribution in [3.05, 3.63) is 87.4 Å². The van der Waals surface area contributed by atoms with Gasteiger partial charge >= 0.3 is 0 Å². The molecule has 0 aliphatic rings. The largest absolute Gasteiger partial charge is 0.482 e. The Balaban J connectivity index is 2.02. The molecule has 0 unspecified atom stereocenters. The van der Waals surface area contributed by atoms with Gasteiger partial charge in [0.1, 0.15) is 5.75 Å². The van der Waals surface area contributed by atoms with Crippen LogP contribution in [-0.4, -0.2) is 20.9 Å². The first kappa shape index (κ1) is 23.1. The first-order valence-electron chi connectivity index (χ1n) is 9.40. The van der Waals surface area contributed by atoms with E-state index in [1.165, 1.54) is 24.3 Å². The molecule has 0 saturated heterocycles. The van der Waals surface area contributed by atoms with Crippen molar-refractivity contribution in [2.24, 2.45) is 0 Å². The molecule has 0 atom stereocenters. The monoisotopic (exact) mass is 477 g/mol. The number of aryl methyl sites for hydroxylation is 2. The third-order valence-electron chi connectivity index (χ3n) is 4.83. The van der Waals surface area contributed by atoms with Crippen LogP contribution < -0.4 is 9.04 Å². The van der Waals surface area contributed by atoms with Gasteiger partial charge in [-0.2, -0.15) is 4.31 Å². The molecule has 0 spiro atoms. The zero-order valence-electron chi connectivity index (χ0n) is 17.2. The van der Waals surface area contributed by atoms with E-state index in [2.05, 4.69) is 0 Å². The highest BCUT2D eigenvalue weighted by molar-refractivity contribution is 7.93. The second kappa shape index (κ2) is 9.30. The average Bonchev–Trinajstić information content (AvgIpc) is 2.71. The number of carbonyl (C=O) groups is 1. The highest BCUT2D eigenvalue weighted by Gasteiger charge is 2.32. The number of hydrogen-bond acceptors (Lipinski definition) is 4. The van der Waals surface area contributed by atoms with Crippen LogP contribution in [0.1, 0.15) is 16.7 Å². The topological polar surface area (TPSA) is 63.7 Å². The molecule has 0 fully saturated rings. The zero-order chi connectivity index (χ0) is 22.8. The molecule has 0 aromatic heterocycles. The maximum Gasteiger partial charge on any atom is 0.278 e. The number of benzene rings is 3. The van der Waals surface area contributed by atoms with E-state index in [0.29, 0.717) is 10.6 Å². The summed E-state index contributed by atoms with van der Waals surface area (Å²) in [6.45, 7) is 4.95. The summed E-state index contributed by atoms with van der Waals surface area (Å²) < 4.78 is 33.3. The van der Waals surface area contributed by atoms with E-state index >= 15 is 0 Å². The van der Waals surface area contributed by atoms with Crippen LogP contribution in [0.4, 0.5) is 5.69 Å². The summed E-state index contributed by atoms with van der Waals surface area (Å²) in [6.07, 6.45) is 0. The molecule has 3 rings (SSSR count). The smallest absolute Gasteiger partial charge is 0.278 e. The maximum atomic E-state index is 13.5. The number of nitrogens with zero attached hydrogens (tertiary/aromatic N) is 1. The van der Waals surface area contributed by atoms with Gasteiger partial charge in [-0.15, -0.1) is 0 Å². The lowest BCUT2D eigenvalue weighted by molar-refractivity contribution is -0.119. The summed E-state index contributed by atoms with van der Waals surface area (Å²) in [7, 11) is -4.18. The van der Waals surface area contributed by atoms with E-state index < -0.39 is 22.5 Å². The van der Waals surface area contributed by atoms with Crippen molar-refractivity contribution >= 4 is 44.8 Å². The van der Waals surface area contributed by atoms with Gasteiger partial charge in [0, 0.05) is 5.02 Å². The molecule has 0 heterocycles. The minimum absolute atomic E-state index is 0.0110. The fourth-order valence-electron chi connectivity index (χ4n) is 2.96. The fraction of sp³-hybridized carbons (Fsp3) is 0.174. The first-order chi connectivity index (χ1) is 14.6. The van der Waals surface area contributed by atoms with Crippen molar-refractivity contribution in [1.82, 2.24) is 0 Å². The van der Waals surface area contributed by atoms with E-state index in [-0.39, 0.29) is 21.4 Å². The van der Waals surface area contributed by atoms with Crippen LogP contribution >= 0.6 is 23.2 Å². The molecule has 0 bridgehead atoms. The van der Waals surface area contributed by atoms with E-state index in [1.807, 2.05) is 19.9 Å². The van der Waals surface area contributed by atoms with E-state index in [1.54, 1.807) is 37.3 Å². The van der Waals surface area contributed by atoms with Gasteiger partial charge in [0.05, 0.1) is 15.6 Å². The Morgan fingerprint density at radius 2 is 1.65 bits per heavy atom. The predicted molar refractivity (Wildman–Crippen MR) is 124 cm³/mol. The Morgan fingerprint density at radius 1 is 0.968 bits per heavy atom. The molecule has 0 aliphatic heterocycles. The molecular weight excluding hydrogens is 457 g/mol. The summed E-state index contributed by atoms with van der Waals surface area (Å²) in [4.78, 5) is 13.2. The third-order valence-corrected chi connectivity index (χ3v) is 7.11. The quantitative estimate of drug-likeness (QED) is 0.455. The fourth-order valence-corrected chi connectivity index (χ4v) is 4.89. The molecule has 8 heteroatoms. The Hall–Kier alpha value is -2.54. The molecule has 3 aromatic rings. The van der Waals surface area contributed by atoms with E-state index in [9.17, 15) is 13.2 Å². The summed E-state index contributed by atoms with van der Waals surface area (Å²) in [5.74, 6) is -0.520. The van der Waals surface area contributed by atoms with Gasteiger partial charge < -0.3 is 4.74 Å². The van der Waals surface area contributed by atoms with Crippen LogP contribution in [0.25, 0.3) is 0 Å². The molecule has 162 valence electrons. The highest BCUT2D eigenvalue weighted by Crippen LogP contribution is 2.31. The summed E-state index contributed by atoms with van der Waals surface area (Å²) in [5.41, 5.74) is 2.72. The lowest BCUT2D eigenvalue weighted by Gasteiger charge is -2.25. The van der Waals surface area contributed by atoms with Crippen molar-refractivity contribution < 1.29 is 17.9 Å². The van der Waals surface area contributed by atoms with Crippen molar-refractivity contribution in [3.63, 3.8) is 0 Å². The van der Waals surface area contributed by atoms with Gasteiger partial charge in [-0.25, -0.2) is 8.42 Å². The number of hydrogen-bond donors (Lipinski definition) is 0. The molecular formula is C23H21Cl2NO4S. The zero-order valence-corrected chi connectivity index (χ0v) is 19.6. The molecule has 0 radical (unpaired) electrons. The molecule has 5 nitrogen and oxygen atoms in total. The van der Waals surface area contributed by atoms with Crippen LogP contribution in [0.15, 0.2) is 65.6 Å². The lowest BCUT2D eigenvalue weighted by Crippen LogP contribution is -2.40. The van der Waals surface area contributed by atoms with Gasteiger partial charge in [-0.05, 0) is 68.3 Å². The Bertz CT molecular complexity index is 1220. The maximum absolute atomic E-state index is 13.5. The van der Waals surface area contributed by atoms with Crippen molar-refractivity contribution in [1.29, 1.82) is 0 Å². The summed E-state index contributed by atoms with van der Waals surface area (Å²) in [6, 6.07) is 16.1. The first-order valence-corrected chi connectivity index (χ1v) is 11.6. The number of halogens is 2. The minimum Gasteiger partial charge on any atom is -0.482 e. The van der Waals surface area contributed by atoms with Gasteiger partial charge in [-0.1, -0.05) is 53.0 Å². The molecule has 1 amide bonds. The average molecular weight is 478 g/mol. The number of ether oxygens (including phenoxy) is 1.